The fourth-order valence-electron chi connectivity index (χ4n) is 0.810. The number of alkyl halides is 3. The van der Waals surface area contributed by atoms with Crippen molar-refractivity contribution >= 4 is 11.5 Å². The van der Waals surface area contributed by atoms with Gasteiger partial charge in [0.15, 0.2) is 0 Å². The van der Waals surface area contributed by atoms with E-state index in [-0.39, 0.29) is 44.2 Å². The fourth-order valence-corrected chi connectivity index (χ4v) is 0.810. The Morgan fingerprint density at radius 1 is 1.43 bits per heavy atom. The minimum absolute atomic E-state index is 0. The Balaban J connectivity index is 0.00000169. The summed E-state index contributed by atoms with van der Waals surface area (Å²) < 4.78 is 36.3. The van der Waals surface area contributed by atoms with Crippen LogP contribution in [0.25, 0.3) is 5.73 Å². The molecule has 0 aliphatic heterocycles. The van der Waals surface area contributed by atoms with Gasteiger partial charge in [0.2, 0.25) is 0 Å². The van der Waals surface area contributed by atoms with Gasteiger partial charge in [-0.25, -0.2) is 0 Å². The van der Waals surface area contributed by atoms with E-state index in [9.17, 15) is 13.2 Å². The predicted molar refractivity (Wildman–Crippen MR) is 42.8 cm³/mol. The van der Waals surface area contributed by atoms with Crippen molar-refractivity contribution < 1.29 is 45.9 Å². The second-order valence-corrected chi connectivity index (χ2v) is 2.37. The molecule has 1 radical (unpaired) electrons. The molecule has 0 saturated carbocycles. The number of nitrogens with one attached hydrogen (secondary N) is 2. The molecule has 0 aliphatic carbocycles. The molecule has 0 aromatic carbocycles. The van der Waals surface area contributed by atoms with Crippen LogP contribution in [0.4, 0.5) is 24.7 Å². The van der Waals surface area contributed by atoms with Crippen LogP contribution in [-0.4, -0.2) is 12.0 Å². The zero-order valence-corrected chi connectivity index (χ0v) is 10.2. The van der Waals surface area contributed by atoms with Gasteiger partial charge in [0.25, 0.3) is 0 Å². The van der Waals surface area contributed by atoms with Crippen LogP contribution >= 0.6 is 0 Å². The smallest absolute Gasteiger partial charge is 0.416 e. The second-order valence-electron chi connectivity index (χ2n) is 2.37. The number of halogens is 3. The second kappa shape index (κ2) is 4.93. The molecule has 1 heterocycles. The summed E-state index contributed by atoms with van der Waals surface area (Å²) >= 11 is 0. The van der Waals surface area contributed by atoms with Gasteiger partial charge in [0.1, 0.15) is 0 Å². The van der Waals surface area contributed by atoms with E-state index in [0.717, 1.165) is 6.07 Å². The van der Waals surface area contributed by atoms with Gasteiger partial charge >= 0.3 is 6.18 Å². The molecule has 75 valence electrons. The van der Waals surface area contributed by atoms with E-state index in [4.69, 9.17) is 5.73 Å². The molecule has 0 saturated heterocycles. The van der Waals surface area contributed by atoms with Gasteiger partial charge in [0.05, 0.1) is 5.56 Å². The van der Waals surface area contributed by atoms with Gasteiger partial charge in [0, 0.05) is 45.4 Å². The number of nitrogens with zero attached hydrogens (tertiary/aromatic N) is 1. The fraction of sp³-hybridized carbons (Fsp3) is 0.286. The minimum atomic E-state index is -4.41. The summed E-state index contributed by atoms with van der Waals surface area (Å²) in [6.07, 6.45) is -3.77. The van der Waals surface area contributed by atoms with Crippen molar-refractivity contribution in [3.05, 3.63) is 23.6 Å². The molecule has 0 unspecified atom stereocenters. The van der Waals surface area contributed by atoms with Gasteiger partial charge in [-0.3, -0.25) is 0 Å². The van der Waals surface area contributed by atoms with Crippen molar-refractivity contribution in [2.75, 3.05) is 12.4 Å². The molecular weight excluding hydrogens is 272 g/mol. The third-order valence-corrected chi connectivity index (χ3v) is 1.48. The van der Waals surface area contributed by atoms with Crippen LogP contribution in [0.2, 0.25) is 0 Å². The first-order valence-corrected chi connectivity index (χ1v) is 3.41. The van der Waals surface area contributed by atoms with Gasteiger partial charge in [-0.1, -0.05) is 6.20 Å². The Labute approximate surface area is 104 Å². The van der Waals surface area contributed by atoms with Crippen LogP contribution in [0, 0.1) is 0 Å². The van der Waals surface area contributed by atoms with E-state index >= 15 is 0 Å². The molecule has 2 N–H and O–H groups in total. The van der Waals surface area contributed by atoms with Crippen LogP contribution < -0.4 is 5.32 Å². The predicted octanol–water partition coefficient (Wildman–Crippen LogP) is 2.82. The number of aromatic nitrogens is 1. The Morgan fingerprint density at radius 2 is 2.00 bits per heavy atom. The molecule has 0 fully saturated rings. The third-order valence-electron chi connectivity index (χ3n) is 1.48. The topological polar surface area (TPSA) is 48.7 Å². The Hall–Kier alpha value is -0.356. The van der Waals surface area contributed by atoms with Crippen molar-refractivity contribution in [3.63, 3.8) is 0 Å². The minimum Gasteiger partial charge on any atom is -0.480 e. The molecular formula is C7H7F3N3Y-. The molecule has 14 heavy (non-hydrogen) atoms. The van der Waals surface area contributed by atoms with Gasteiger partial charge in [-0.2, -0.15) is 13.2 Å². The van der Waals surface area contributed by atoms with Crippen molar-refractivity contribution in [2.24, 2.45) is 0 Å². The van der Waals surface area contributed by atoms with E-state index in [1.165, 1.54) is 7.05 Å². The van der Waals surface area contributed by atoms with E-state index in [0.29, 0.717) is 6.20 Å². The Bertz CT molecular complexity index is 314. The van der Waals surface area contributed by atoms with Gasteiger partial charge < -0.3 is 16.0 Å². The van der Waals surface area contributed by atoms with Crippen LogP contribution in [0.5, 0.6) is 0 Å². The molecule has 1 aromatic heterocycles. The summed E-state index contributed by atoms with van der Waals surface area (Å²) in [4.78, 5) is 3.30. The van der Waals surface area contributed by atoms with E-state index in [2.05, 4.69) is 10.3 Å². The normalized spacial score (nSPS) is 10.6. The summed E-state index contributed by atoms with van der Waals surface area (Å²) in [5.74, 6) is -0.199. The third kappa shape index (κ3) is 3.10. The molecule has 1 rings (SSSR count). The molecule has 0 bridgehead atoms. The van der Waals surface area contributed by atoms with E-state index < -0.39 is 11.7 Å². The van der Waals surface area contributed by atoms with E-state index in [1.807, 2.05) is 0 Å². The molecule has 0 spiro atoms. The first-order chi connectivity index (χ1) is 5.95. The number of hydrogen-bond acceptors (Lipinski definition) is 2. The maximum Gasteiger partial charge on any atom is 0.416 e. The quantitative estimate of drug-likeness (QED) is 0.859. The monoisotopic (exact) mass is 279 g/mol. The summed E-state index contributed by atoms with van der Waals surface area (Å²) in [6.45, 7) is 0. The SMILES string of the molecule is CNc1cc(C(F)(F)F)cnc1[NH-].[Y]. The summed E-state index contributed by atoms with van der Waals surface area (Å²) in [5.41, 5.74) is 6.34. The molecule has 7 heteroatoms. The zero-order valence-electron chi connectivity index (χ0n) is 7.31. The van der Waals surface area contributed by atoms with Crippen molar-refractivity contribution in [1.29, 1.82) is 0 Å². The van der Waals surface area contributed by atoms with Crippen LogP contribution in [0.15, 0.2) is 12.3 Å². The van der Waals surface area contributed by atoms with E-state index in [1.54, 1.807) is 0 Å². The Morgan fingerprint density at radius 3 is 2.43 bits per heavy atom. The number of pyridine rings is 1. The van der Waals surface area contributed by atoms with Crippen LogP contribution in [-0.2, 0) is 38.9 Å². The number of hydrogen-bond donors (Lipinski definition) is 1. The maximum atomic E-state index is 12.1. The van der Waals surface area contributed by atoms with Crippen LogP contribution in [0.1, 0.15) is 5.56 Å². The van der Waals surface area contributed by atoms with Crippen molar-refractivity contribution in [2.45, 2.75) is 6.18 Å². The van der Waals surface area contributed by atoms with Crippen LogP contribution in [0.3, 0.4) is 0 Å². The first-order valence-electron chi connectivity index (χ1n) is 3.41. The van der Waals surface area contributed by atoms with Crippen molar-refractivity contribution in [1.82, 2.24) is 4.98 Å². The molecule has 3 nitrogen and oxygen atoms in total. The number of anilines is 1. The average Bonchev–Trinajstić information content (AvgIpc) is 2.03. The van der Waals surface area contributed by atoms with Gasteiger partial charge in [-0.15, -0.1) is 0 Å². The number of rotatable bonds is 1. The first kappa shape index (κ1) is 13.6. The average molecular weight is 279 g/mol. The summed E-state index contributed by atoms with van der Waals surface area (Å²) in [6, 6.07) is 0.856. The van der Waals surface area contributed by atoms with Gasteiger partial charge in [-0.05, 0) is 11.9 Å². The Kier molecular flexibility index (Phi) is 4.81. The molecule has 1 aromatic rings. The largest absolute Gasteiger partial charge is 0.480 e. The maximum absolute atomic E-state index is 12.1. The summed E-state index contributed by atoms with van der Waals surface area (Å²) in [5, 5.41) is 2.46. The van der Waals surface area contributed by atoms with Crippen molar-refractivity contribution in [3.8, 4) is 0 Å². The molecule has 0 amide bonds. The standard InChI is InChI=1S/C7H7F3N3.Y/c1-12-5-2-4(7(8,9)10)3-13-6(5)11;/h2-3,12H,1H3,(H-,11,13);/q-1;. The molecule has 0 atom stereocenters. The zero-order chi connectivity index (χ0) is 10.1. The summed E-state index contributed by atoms with van der Waals surface area (Å²) in [7, 11) is 1.44. The molecule has 0 aliphatic rings.